The second-order valence-corrected chi connectivity index (χ2v) is 9.11. The van der Waals surface area contributed by atoms with Gasteiger partial charge in [-0.25, -0.2) is 13.4 Å². The fraction of sp³-hybridized carbons (Fsp3) is 0.389. The fourth-order valence-electron chi connectivity index (χ4n) is 2.70. The van der Waals surface area contributed by atoms with E-state index >= 15 is 0 Å². The largest absolute Gasteiger partial charge is 0.425 e. The van der Waals surface area contributed by atoms with Gasteiger partial charge < -0.3 is 9.67 Å². The summed E-state index contributed by atoms with van der Waals surface area (Å²) in [6.45, 7) is 1.04. The van der Waals surface area contributed by atoms with Gasteiger partial charge in [0.2, 0.25) is 21.5 Å². The Labute approximate surface area is 182 Å². The van der Waals surface area contributed by atoms with Crippen LogP contribution in [0.4, 0.5) is 13.2 Å². The van der Waals surface area contributed by atoms with Crippen molar-refractivity contribution in [2.45, 2.75) is 30.0 Å². The Bertz CT molecular complexity index is 1090. The first-order valence-electron chi connectivity index (χ1n) is 9.06. The summed E-state index contributed by atoms with van der Waals surface area (Å²) >= 11 is 0. The molecule has 0 spiro atoms. The standard InChI is InChI=1S/C18H22F3N5O5S/c1-12-4-6-13(7-5-12)32(30,31)26(3)11-15(28)24-23-14(27)10-17(29,18(19,20)21)16-22-8-9-25(16)2/h4-9,29H,10-11H2,1-3H3,(H,23,27)(H,24,28). The number of rotatable bonds is 7. The van der Waals surface area contributed by atoms with Crippen molar-refractivity contribution in [3.05, 3.63) is 48.0 Å². The molecule has 1 aromatic carbocycles. The quantitative estimate of drug-likeness (QED) is 0.493. The first kappa shape index (κ1) is 25.3. The van der Waals surface area contributed by atoms with Gasteiger partial charge in [-0.1, -0.05) is 17.7 Å². The Morgan fingerprint density at radius 2 is 1.72 bits per heavy atom. The molecular formula is C18H22F3N5O5S. The van der Waals surface area contributed by atoms with Gasteiger partial charge in [0.1, 0.15) is 0 Å². The average molecular weight is 477 g/mol. The molecule has 2 aromatic rings. The highest BCUT2D eigenvalue weighted by atomic mass is 32.2. The van der Waals surface area contributed by atoms with E-state index in [-0.39, 0.29) is 4.90 Å². The van der Waals surface area contributed by atoms with E-state index in [0.29, 0.717) is 4.31 Å². The SMILES string of the molecule is Cc1ccc(S(=O)(=O)N(C)CC(=O)NNC(=O)CC(O)(c2nccn2C)C(F)(F)F)cc1. The molecule has 2 amide bonds. The zero-order valence-electron chi connectivity index (χ0n) is 17.3. The van der Waals surface area contributed by atoms with E-state index in [2.05, 4.69) is 4.98 Å². The number of carbonyl (C=O) groups excluding carboxylic acids is 2. The highest BCUT2D eigenvalue weighted by Crippen LogP contribution is 2.40. The summed E-state index contributed by atoms with van der Waals surface area (Å²) in [5.41, 5.74) is 0.793. The molecule has 14 heteroatoms. The number of benzene rings is 1. The van der Waals surface area contributed by atoms with Gasteiger partial charge in [-0.05, 0) is 19.1 Å². The highest BCUT2D eigenvalue weighted by molar-refractivity contribution is 7.89. The van der Waals surface area contributed by atoms with E-state index in [1.165, 1.54) is 19.2 Å². The molecule has 2 rings (SSSR count). The topological polar surface area (TPSA) is 134 Å². The number of halogens is 3. The highest BCUT2D eigenvalue weighted by Gasteiger charge is 2.58. The second-order valence-electron chi connectivity index (χ2n) is 7.07. The Hall–Kier alpha value is -2.97. The van der Waals surface area contributed by atoms with Crippen LogP contribution in [0, 0.1) is 6.92 Å². The number of carbonyl (C=O) groups is 2. The molecular weight excluding hydrogens is 455 g/mol. The van der Waals surface area contributed by atoms with Gasteiger partial charge in [0.25, 0.3) is 5.91 Å². The summed E-state index contributed by atoms with van der Waals surface area (Å²) in [6, 6.07) is 5.86. The van der Waals surface area contributed by atoms with Crippen LogP contribution in [0.3, 0.4) is 0 Å². The van der Waals surface area contributed by atoms with Crippen LogP contribution in [-0.4, -0.2) is 59.0 Å². The third-order valence-corrected chi connectivity index (χ3v) is 6.33. The summed E-state index contributed by atoms with van der Waals surface area (Å²) < 4.78 is 66.9. The predicted octanol–water partition coefficient (Wildman–Crippen LogP) is 0.337. The molecule has 3 N–H and O–H groups in total. The van der Waals surface area contributed by atoms with Crippen LogP contribution in [0.1, 0.15) is 17.8 Å². The van der Waals surface area contributed by atoms with E-state index < -0.39 is 52.4 Å². The van der Waals surface area contributed by atoms with Crippen molar-refractivity contribution in [2.24, 2.45) is 7.05 Å². The minimum absolute atomic E-state index is 0.0623. The number of aliphatic hydroxyl groups is 1. The van der Waals surface area contributed by atoms with Crippen molar-refractivity contribution in [3.63, 3.8) is 0 Å². The lowest BCUT2D eigenvalue weighted by atomic mass is 9.97. The summed E-state index contributed by atoms with van der Waals surface area (Å²) in [7, 11) is -1.68. The van der Waals surface area contributed by atoms with Crippen LogP contribution >= 0.6 is 0 Å². The van der Waals surface area contributed by atoms with E-state index in [9.17, 15) is 36.3 Å². The molecule has 176 valence electrons. The number of hydrazine groups is 1. The number of aromatic nitrogens is 2. The Morgan fingerprint density at radius 3 is 2.22 bits per heavy atom. The normalized spacial score (nSPS) is 14.1. The maximum absolute atomic E-state index is 13.5. The maximum Gasteiger partial charge on any atom is 0.425 e. The monoisotopic (exact) mass is 477 g/mol. The molecule has 1 heterocycles. The molecule has 1 unspecified atom stereocenters. The Balaban J connectivity index is 2.00. The smallest absolute Gasteiger partial charge is 0.374 e. The summed E-state index contributed by atoms with van der Waals surface area (Å²) in [5.74, 6) is -3.19. The summed E-state index contributed by atoms with van der Waals surface area (Å²) in [6.07, 6.45) is -4.54. The van der Waals surface area contributed by atoms with E-state index in [4.69, 9.17) is 0 Å². The number of nitrogens with zero attached hydrogens (tertiary/aromatic N) is 3. The number of aryl methyl sites for hydroxylation is 2. The van der Waals surface area contributed by atoms with Crippen molar-refractivity contribution in [2.75, 3.05) is 13.6 Å². The van der Waals surface area contributed by atoms with E-state index in [0.717, 1.165) is 29.6 Å². The van der Waals surface area contributed by atoms with Gasteiger partial charge >= 0.3 is 6.18 Å². The lowest BCUT2D eigenvalue weighted by Gasteiger charge is -2.29. The molecule has 1 aromatic heterocycles. The Morgan fingerprint density at radius 1 is 1.16 bits per heavy atom. The first-order chi connectivity index (χ1) is 14.7. The number of alkyl halides is 3. The maximum atomic E-state index is 13.5. The molecule has 0 saturated heterocycles. The van der Waals surface area contributed by atoms with Crippen molar-refractivity contribution in [3.8, 4) is 0 Å². The number of hydrogen-bond acceptors (Lipinski definition) is 6. The van der Waals surface area contributed by atoms with Crippen LogP contribution in [-0.2, 0) is 32.3 Å². The van der Waals surface area contributed by atoms with Gasteiger partial charge in [0.05, 0.1) is 17.9 Å². The van der Waals surface area contributed by atoms with Crippen molar-refractivity contribution >= 4 is 21.8 Å². The molecule has 0 fully saturated rings. The third-order valence-electron chi connectivity index (χ3n) is 4.51. The van der Waals surface area contributed by atoms with Gasteiger partial charge in [0, 0.05) is 26.5 Å². The van der Waals surface area contributed by atoms with Crippen molar-refractivity contribution < 1.29 is 36.3 Å². The minimum Gasteiger partial charge on any atom is -0.374 e. The van der Waals surface area contributed by atoms with E-state index in [1.54, 1.807) is 24.5 Å². The molecule has 0 aliphatic rings. The van der Waals surface area contributed by atoms with E-state index in [1.807, 2.05) is 5.43 Å². The number of hydrogen-bond donors (Lipinski definition) is 3. The van der Waals surface area contributed by atoms with Crippen molar-refractivity contribution in [1.82, 2.24) is 24.7 Å². The van der Waals surface area contributed by atoms with Gasteiger partial charge in [0.15, 0.2) is 5.82 Å². The molecule has 32 heavy (non-hydrogen) atoms. The molecule has 0 bridgehead atoms. The van der Waals surface area contributed by atoms with Crippen LogP contribution in [0.25, 0.3) is 0 Å². The number of amides is 2. The van der Waals surface area contributed by atoms with Crippen LogP contribution in [0.15, 0.2) is 41.6 Å². The summed E-state index contributed by atoms with van der Waals surface area (Å²) in [5, 5.41) is 10.2. The number of likely N-dealkylation sites (N-methyl/N-ethyl adjacent to an activating group) is 1. The molecule has 1 atom stereocenters. The third kappa shape index (κ3) is 5.44. The lowest BCUT2D eigenvalue weighted by Crippen LogP contribution is -2.51. The number of nitrogens with one attached hydrogen (secondary N) is 2. The van der Waals surface area contributed by atoms with Crippen molar-refractivity contribution in [1.29, 1.82) is 0 Å². The summed E-state index contributed by atoms with van der Waals surface area (Å²) in [4.78, 5) is 27.4. The molecule has 0 aliphatic heterocycles. The number of imidazole rings is 1. The van der Waals surface area contributed by atoms with Gasteiger partial charge in [-0.3, -0.25) is 20.4 Å². The first-order valence-corrected chi connectivity index (χ1v) is 10.5. The van der Waals surface area contributed by atoms with Gasteiger partial charge in [-0.2, -0.15) is 17.5 Å². The van der Waals surface area contributed by atoms with Crippen LogP contribution < -0.4 is 10.9 Å². The number of sulfonamides is 1. The molecule has 0 radical (unpaired) electrons. The van der Waals surface area contributed by atoms with Crippen LogP contribution in [0.5, 0.6) is 0 Å². The predicted molar refractivity (Wildman–Crippen MR) is 105 cm³/mol. The molecule has 0 saturated carbocycles. The average Bonchev–Trinajstić information content (AvgIpc) is 3.12. The minimum atomic E-state index is -5.24. The second kappa shape index (κ2) is 9.26. The lowest BCUT2D eigenvalue weighted by molar-refractivity contribution is -0.271. The molecule has 0 aliphatic carbocycles. The zero-order valence-corrected chi connectivity index (χ0v) is 18.2. The van der Waals surface area contributed by atoms with Gasteiger partial charge in [-0.15, -0.1) is 0 Å². The fourth-order valence-corrected chi connectivity index (χ4v) is 3.83. The van der Waals surface area contributed by atoms with Crippen LogP contribution in [0.2, 0.25) is 0 Å². The molecule has 10 nitrogen and oxygen atoms in total. The zero-order chi connectivity index (χ0) is 24.3. The Kier molecular flexibility index (Phi) is 7.32.